The van der Waals surface area contributed by atoms with Gasteiger partial charge in [0.1, 0.15) is 5.75 Å². The average Bonchev–Trinajstić information content (AvgIpc) is 2.87. The van der Waals surface area contributed by atoms with Crippen molar-refractivity contribution in [3.05, 3.63) is 47.8 Å². The molecule has 1 aromatic heterocycles. The first kappa shape index (κ1) is 13.1. The minimum Gasteiger partial charge on any atom is -0.508 e. The minimum atomic E-state index is -0.113. The van der Waals surface area contributed by atoms with Crippen LogP contribution in [0, 0.1) is 6.92 Å². The number of carbonyl (C=O) groups is 1. The van der Waals surface area contributed by atoms with Crippen LogP contribution in [0.1, 0.15) is 22.3 Å². The van der Waals surface area contributed by atoms with Gasteiger partial charge >= 0.3 is 0 Å². The van der Waals surface area contributed by atoms with E-state index in [1.807, 2.05) is 16.9 Å². The smallest absolute Gasteiger partial charge is 0.251 e. The van der Waals surface area contributed by atoms with Crippen LogP contribution in [0.2, 0.25) is 0 Å². The van der Waals surface area contributed by atoms with Crippen LogP contribution in [0.4, 0.5) is 0 Å². The third-order valence-electron chi connectivity index (χ3n) is 2.86. The van der Waals surface area contributed by atoms with Gasteiger partial charge in [0.15, 0.2) is 0 Å². The molecule has 0 aliphatic rings. The Hall–Kier alpha value is -2.30. The summed E-state index contributed by atoms with van der Waals surface area (Å²) in [6, 6.07) is 6.61. The van der Waals surface area contributed by atoms with Crippen molar-refractivity contribution in [3.63, 3.8) is 0 Å². The van der Waals surface area contributed by atoms with Crippen molar-refractivity contribution in [1.29, 1.82) is 0 Å². The lowest BCUT2D eigenvalue weighted by Gasteiger charge is -2.08. The maximum atomic E-state index is 11.9. The molecule has 0 saturated carbocycles. The van der Waals surface area contributed by atoms with E-state index in [-0.39, 0.29) is 11.7 Å². The summed E-state index contributed by atoms with van der Waals surface area (Å²) in [6.45, 7) is 3.18. The number of aryl methyl sites for hydroxylation is 2. The maximum Gasteiger partial charge on any atom is 0.251 e. The van der Waals surface area contributed by atoms with Crippen LogP contribution < -0.4 is 5.32 Å². The summed E-state index contributed by atoms with van der Waals surface area (Å²) in [5.74, 6) is 0.0608. The molecule has 2 aromatic rings. The molecule has 2 N–H and O–H groups in total. The molecule has 5 nitrogen and oxygen atoms in total. The van der Waals surface area contributed by atoms with E-state index in [2.05, 4.69) is 10.4 Å². The Bertz CT molecular complexity index is 550. The van der Waals surface area contributed by atoms with Crippen LogP contribution in [0.3, 0.4) is 0 Å². The van der Waals surface area contributed by atoms with Gasteiger partial charge < -0.3 is 10.4 Å². The Morgan fingerprint density at radius 3 is 3.00 bits per heavy atom. The van der Waals surface area contributed by atoms with Gasteiger partial charge in [-0.3, -0.25) is 9.48 Å². The molecule has 0 aliphatic heterocycles. The number of amides is 1. The number of hydrogen-bond acceptors (Lipinski definition) is 3. The predicted octanol–water partition coefficient (Wildman–Crippen LogP) is 1.72. The van der Waals surface area contributed by atoms with Gasteiger partial charge in [0.2, 0.25) is 0 Å². The highest BCUT2D eigenvalue weighted by atomic mass is 16.3. The Morgan fingerprint density at radius 1 is 1.47 bits per heavy atom. The summed E-state index contributed by atoms with van der Waals surface area (Å²) in [7, 11) is 0. The molecule has 0 saturated heterocycles. The van der Waals surface area contributed by atoms with Crippen molar-refractivity contribution < 1.29 is 9.90 Å². The Labute approximate surface area is 111 Å². The minimum absolute atomic E-state index is 0.113. The van der Waals surface area contributed by atoms with Gasteiger partial charge in [0.05, 0.1) is 0 Å². The third kappa shape index (κ3) is 3.58. The molecule has 0 radical (unpaired) electrons. The van der Waals surface area contributed by atoms with Crippen LogP contribution in [-0.4, -0.2) is 27.3 Å². The zero-order chi connectivity index (χ0) is 13.7. The lowest BCUT2D eigenvalue weighted by molar-refractivity contribution is 0.0952. The second-order valence-electron chi connectivity index (χ2n) is 4.38. The van der Waals surface area contributed by atoms with Gasteiger partial charge in [-0.2, -0.15) is 5.10 Å². The average molecular weight is 259 g/mol. The second kappa shape index (κ2) is 6.04. The molecule has 0 atom stereocenters. The van der Waals surface area contributed by atoms with E-state index in [1.165, 1.54) is 6.07 Å². The summed E-state index contributed by atoms with van der Waals surface area (Å²) in [5, 5.41) is 16.2. The Morgan fingerprint density at radius 2 is 2.32 bits per heavy atom. The van der Waals surface area contributed by atoms with Crippen molar-refractivity contribution in [2.24, 2.45) is 0 Å². The van der Waals surface area contributed by atoms with Gasteiger partial charge in [0, 0.05) is 31.0 Å². The number of benzene rings is 1. The fourth-order valence-corrected chi connectivity index (χ4v) is 1.87. The van der Waals surface area contributed by atoms with E-state index in [4.69, 9.17) is 0 Å². The molecular weight excluding hydrogens is 242 g/mol. The zero-order valence-corrected chi connectivity index (χ0v) is 10.8. The van der Waals surface area contributed by atoms with Gasteiger partial charge in [-0.15, -0.1) is 0 Å². The van der Waals surface area contributed by atoms with Gasteiger partial charge in [-0.25, -0.2) is 0 Å². The topological polar surface area (TPSA) is 67.2 Å². The van der Waals surface area contributed by atoms with E-state index in [1.54, 1.807) is 25.3 Å². The fraction of sp³-hybridized carbons (Fsp3) is 0.286. The first-order valence-electron chi connectivity index (χ1n) is 6.22. The molecule has 2 rings (SSSR count). The fourth-order valence-electron chi connectivity index (χ4n) is 1.87. The molecule has 0 aliphatic carbocycles. The quantitative estimate of drug-likeness (QED) is 0.803. The van der Waals surface area contributed by atoms with Crippen LogP contribution in [0.25, 0.3) is 0 Å². The summed E-state index contributed by atoms with van der Waals surface area (Å²) in [4.78, 5) is 11.9. The van der Waals surface area contributed by atoms with Crippen molar-refractivity contribution in [2.75, 3.05) is 6.54 Å². The molecule has 1 heterocycles. The van der Waals surface area contributed by atoms with Crippen molar-refractivity contribution in [1.82, 2.24) is 15.1 Å². The summed E-state index contributed by atoms with van der Waals surface area (Å²) >= 11 is 0. The number of carbonyl (C=O) groups excluding carboxylic acids is 1. The van der Waals surface area contributed by atoms with Crippen LogP contribution in [0.15, 0.2) is 36.7 Å². The number of aromatic nitrogens is 2. The Balaban J connectivity index is 1.81. The molecule has 5 heteroatoms. The number of phenols is 1. The SMILES string of the molecule is Cc1cc(O)ccc1C(=O)NCCCn1cccn1. The molecule has 0 spiro atoms. The van der Waals surface area contributed by atoms with Gasteiger partial charge in [-0.05, 0) is 43.2 Å². The number of aromatic hydroxyl groups is 1. The van der Waals surface area contributed by atoms with Crippen LogP contribution in [-0.2, 0) is 6.54 Å². The van der Waals surface area contributed by atoms with Gasteiger partial charge in [-0.1, -0.05) is 0 Å². The van der Waals surface area contributed by atoms with E-state index in [0.717, 1.165) is 18.5 Å². The normalized spacial score (nSPS) is 10.4. The van der Waals surface area contributed by atoms with Crippen molar-refractivity contribution in [2.45, 2.75) is 19.9 Å². The van der Waals surface area contributed by atoms with E-state index in [9.17, 15) is 9.90 Å². The van der Waals surface area contributed by atoms with Crippen molar-refractivity contribution >= 4 is 5.91 Å². The summed E-state index contributed by atoms with van der Waals surface area (Å²) < 4.78 is 1.83. The molecule has 1 amide bonds. The molecule has 1 aromatic carbocycles. The van der Waals surface area contributed by atoms with E-state index in [0.29, 0.717) is 12.1 Å². The molecule has 0 bridgehead atoms. The molecule has 100 valence electrons. The largest absolute Gasteiger partial charge is 0.508 e. The highest BCUT2D eigenvalue weighted by molar-refractivity contribution is 5.95. The number of nitrogens with one attached hydrogen (secondary N) is 1. The standard InChI is InChI=1S/C14H17N3O2/c1-11-10-12(18)4-5-13(11)14(19)15-6-2-8-17-9-3-7-16-17/h3-5,7,9-10,18H,2,6,8H2,1H3,(H,15,19). The van der Waals surface area contributed by atoms with E-state index >= 15 is 0 Å². The number of phenolic OH excluding ortho intramolecular Hbond substituents is 1. The lowest BCUT2D eigenvalue weighted by Crippen LogP contribution is -2.26. The number of nitrogens with zero attached hydrogens (tertiary/aromatic N) is 2. The highest BCUT2D eigenvalue weighted by Gasteiger charge is 2.08. The molecule has 0 unspecified atom stereocenters. The summed E-state index contributed by atoms with van der Waals surface area (Å²) in [5.41, 5.74) is 1.36. The predicted molar refractivity (Wildman–Crippen MR) is 72.0 cm³/mol. The molecular formula is C14H17N3O2. The lowest BCUT2D eigenvalue weighted by atomic mass is 10.1. The monoisotopic (exact) mass is 259 g/mol. The number of hydrogen-bond donors (Lipinski definition) is 2. The van der Waals surface area contributed by atoms with Gasteiger partial charge in [0.25, 0.3) is 5.91 Å². The number of rotatable bonds is 5. The molecule has 19 heavy (non-hydrogen) atoms. The first-order chi connectivity index (χ1) is 9.16. The summed E-state index contributed by atoms with van der Waals surface area (Å²) in [6.07, 6.45) is 4.45. The first-order valence-corrected chi connectivity index (χ1v) is 6.22. The maximum absolute atomic E-state index is 11.9. The van der Waals surface area contributed by atoms with Crippen LogP contribution >= 0.6 is 0 Å². The second-order valence-corrected chi connectivity index (χ2v) is 4.38. The zero-order valence-electron chi connectivity index (χ0n) is 10.8. The molecule has 0 fully saturated rings. The van der Waals surface area contributed by atoms with Crippen LogP contribution in [0.5, 0.6) is 5.75 Å². The third-order valence-corrected chi connectivity index (χ3v) is 2.86. The Kier molecular flexibility index (Phi) is 4.18. The highest BCUT2D eigenvalue weighted by Crippen LogP contribution is 2.15. The van der Waals surface area contributed by atoms with Crippen molar-refractivity contribution in [3.8, 4) is 5.75 Å². The van der Waals surface area contributed by atoms with E-state index < -0.39 is 0 Å².